The van der Waals surface area contributed by atoms with Crippen molar-refractivity contribution in [3.8, 4) is 11.3 Å². The van der Waals surface area contributed by atoms with E-state index >= 15 is 0 Å². The third-order valence-electron chi connectivity index (χ3n) is 4.08. The molecular weight excluding hydrogens is 427 g/mol. The molecule has 0 bridgehead atoms. The largest absolute Gasteiger partial charge is 0.457 e. The minimum atomic E-state index is -0.366. The lowest BCUT2D eigenvalue weighted by Gasteiger charge is -2.08. The molecule has 7 heteroatoms. The number of nitrogens with one attached hydrogen (secondary N) is 2. The number of amides is 1. The van der Waals surface area contributed by atoms with Gasteiger partial charge < -0.3 is 9.73 Å². The second kappa shape index (κ2) is 9.74. The van der Waals surface area contributed by atoms with Gasteiger partial charge in [-0.25, -0.2) is 0 Å². The minimum absolute atomic E-state index is 0.219. The van der Waals surface area contributed by atoms with Gasteiger partial charge in [0, 0.05) is 22.3 Å². The summed E-state index contributed by atoms with van der Waals surface area (Å²) in [6, 6.07) is 16.5. The molecule has 0 spiro atoms. The molecule has 2 aromatic carbocycles. The highest BCUT2D eigenvalue weighted by molar-refractivity contribution is 7.80. The van der Waals surface area contributed by atoms with E-state index in [1.54, 1.807) is 36.4 Å². The molecule has 0 fully saturated rings. The quantitative estimate of drug-likeness (QED) is 0.355. The van der Waals surface area contributed by atoms with Gasteiger partial charge in [-0.2, -0.15) is 0 Å². The smallest absolute Gasteiger partial charge is 0.250 e. The van der Waals surface area contributed by atoms with Crippen molar-refractivity contribution in [2.75, 3.05) is 5.32 Å². The number of carbonyl (C=O) groups excluding carboxylic acids is 1. The molecule has 0 saturated carbocycles. The Balaban J connectivity index is 1.57. The van der Waals surface area contributed by atoms with E-state index in [-0.39, 0.29) is 11.0 Å². The molecule has 1 amide bonds. The number of anilines is 1. The zero-order valence-electron chi connectivity index (χ0n) is 15.5. The molecule has 3 aromatic rings. The van der Waals surface area contributed by atoms with Crippen LogP contribution in [0.3, 0.4) is 0 Å². The van der Waals surface area contributed by atoms with Crippen molar-refractivity contribution in [1.82, 2.24) is 5.32 Å². The van der Waals surface area contributed by atoms with Gasteiger partial charge in [-0.3, -0.25) is 10.1 Å². The van der Waals surface area contributed by atoms with Crippen molar-refractivity contribution < 1.29 is 9.21 Å². The maximum Gasteiger partial charge on any atom is 0.250 e. The van der Waals surface area contributed by atoms with Crippen LogP contribution in [0.1, 0.15) is 18.2 Å². The van der Waals surface area contributed by atoms with Crippen molar-refractivity contribution >= 4 is 58.2 Å². The van der Waals surface area contributed by atoms with Crippen LogP contribution in [-0.4, -0.2) is 11.0 Å². The lowest BCUT2D eigenvalue weighted by Crippen LogP contribution is -2.32. The maximum atomic E-state index is 12.1. The molecule has 4 nitrogen and oxygen atoms in total. The molecule has 0 aliphatic carbocycles. The number of furan rings is 1. The highest BCUT2D eigenvalue weighted by atomic mass is 35.5. The number of aryl methyl sites for hydroxylation is 1. The van der Waals surface area contributed by atoms with E-state index in [1.165, 1.54) is 11.6 Å². The summed E-state index contributed by atoms with van der Waals surface area (Å²) in [6.07, 6.45) is 3.87. The van der Waals surface area contributed by atoms with Crippen LogP contribution in [0.4, 0.5) is 5.69 Å². The fourth-order valence-electron chi connectivity index (χ4n) is 2.57. The topological polar surface area (TPSA) is 54.3 Å². The first-order valence-electron chi connectivity index (χ1n) is 8.89. The highest BCUT2D eigenvalue weighted by Crippen LogP contribution is 2.31. The normalized spacial score (nSPS) is 10.9. The van der Waals surface area contributed by atoms with Crippen molar-refractivity contribution in [1.29, 1.82) is 0 Å². The molecule has 0 aliphatic heterocycles. The molecular formula is C22H18Cl2N2O2S. The summed E-state index contributed by atoms with van der Waals surface area (Å²) in [4.78, 5) is 12.1. The van der Waals surface area contributed by atoms with E-state index in [0.717, 1.165) is 17.7 Å². The van der Waals surface area contributed by atoms with E-state index in [0.29, 0.717) is 21.6 Å². The molecule has 1 aromatic heterocycles. The fraction of sp³-hybridized carbons (Fsp3) is 0.0909. The van der Waals surface area contributed by atoms with Crippen molar-refractivity contribution in [2.45, 2.75) is 13.3 Å². The minimum Gasteiger partial charge on any atom is -0.457 e. The molecule has 2 N–H and O–H groups in total. The predicted molar refractivity (Wildman–Crippen MR) is 123 cm³/mol. The summed E-state index contributed by atoms with van der Waals surface area (Å²) in [5.74, 6) is 0.727. The van der Waals surface area contributed by atoms with Crippen LogP contribution in [0.5, 0.6) is 0 Å². The highest BCUT2D eigenvalue weighted by Gasteiger charge is 2.09. The third-order valence-corrected chi connectivity index (χ3v) is 4.83. The van der Waals surface area contributed by atoms with E-state index in [1.807, 2.05) is 24.3 Å². The van der Waals surface area contributed by atoms with Crippen LogP contribution in [0.15, 0.2) is 65.1 Å². The molecule has 0 saturated heterocycles. The van der Waals surface area contributed by atoms with Crippen LogP contribution >= 0.6 is 35.4 Å². The average Bonchev–Trinajstić information content (AvgIpc) is 3.15. The van der Waals surface area contributed by atoms with Gasteiger partial charge in [0.25, 0.3) is 0 Å². The zero-order valence-corrected chi connectivity index (χ0v) is 17.9. The number of hydrogen-bond donors (Lipinski definition) is 2. The molecule has 3 rings (SSSR count). The lowest BCUT2D eigenvalue weighted by atomic mass is 10.1. The first kappa shape index (κ1) is 21.1. The predicted octanol–water partition coefficient (Wildman–Crippen LogP) is 6.34. The number of carbonyl (C=O) groups is 1. The number of rotatable bonds is 5. The van der Waals surface area contributed by atoms with E-state index in [4.69, 9.17) is 39.8 Å². The number of halogens is 2. The number of hydrogen-bond acceptors (Lipinski definition) is 3. The van der Waals surface area contributed by atoms with Gasteiger partial charge in [-0.15, -0.1) is 0 Å². The first-order valence-corrected chi connectivity index (χ1v) is 10.1. The Morgan fingerprint density at radius 2 is 1.86 bits per heavy atom. The molecule has 1 heterocycles. The molecule has 0 aliphatic rings. The zero-order chi connectivity index (χ0) is 20.8. The van der Waals surface area contributed by atoms with Gasteiger partial charge in [0.15, 0.2) is 5.11 Å². The van der Waals surface area contributed by atoms with E-state index < -0.39 is 0 Å². The SMILES string of the molecule is CCc1ccc(NC(=S)NC(=O)/C=C/c2ccc(-c3ccc(Cl)cc3Cl)o2)cc1. The molecule has 0 unspecified atom stereocenters. The Labute approximate surface area is 184 Å². The van der Waals surface area contributed by atoms with Crippen LogP contribution in [0.25, 0.3) is 17.4 Å². The number of thiocarbonyl (C=S) groups is 1. The fourth-order valence-corrected chi connectivity index (χ4v) is 3.29. The maximum absolute atomic E-state index is 12.1. The molecule has 148 valence electrons. The van der Waals surface area contributed by atoms with Gasteiger partial charge >= 0.3 is 0 Å². The Kier molecular flexibility index (Phi) is 7.09. The Morgan fingerprint density at radius 1 is 1.10 bits per heavy atom. The number of benzene rings is 2. The molecule has 0 radical (unpaired) electrons. The van der Waals surface area contributed by atoms with Crippen molar-refractivity contribution in [3.63, 3.8) is 0 Å². The van der Waals surface area contributed by atoms with Gasteiger partial charge in [0.05, 0.1) is 5.02 Å². The summed E-state index contributed by atoms with van der Waals surface area (Å²) >= 11 is 17.3. The standard InChI is InChI=1S/C22H18Cl2N2O2S/c1-2-14-3-6-16(7-4-14)25-22(29)26-21(27)12-9-17-8-11-20(28-17)18-10-5-15(23)13-19(18)24/h3-13H,2H2,1H3,(H2,25,26,27,29)/b12-9+. The Bertz CT molecular complexity index is 1060. The summed E-state index contributed by atoms with van der Waals surface area (Å²) in [7, 11) is 0. The van der Waals surface area contributed by atoms with Crippen LogP contribution in [-0.2, 0) is 11.2 Å². The van der Waals surface area contributed by atoms with Crippen LogP contribution < -0.4 is 10.6 Å². The summed E-state index contributed by atoms with van der Waals surface area (Å²) in [5.41, 5.74) is 2.76. The summed E-state index contributed by atoms with van der Waals surface area (Å²) in [5, 5.41) is 6.83. The van der Waals surface area contributed by atoms with E-state index in [9.17, 15) is 4.79 Å². The second-order valence-corrected chi connectivity index (χ2v) is 7.41. The third kappa shape index (κ3) is 5.94. The molecule has 0 atom stereocenters. The van der Waals surface area contributed by atoms with Crippen molar-refractivity contribution in [2.24, 2.45) is 0 Å². The lowest BCUT2D eigenvalue weighted by molar-refractivity contribution is -0.115. The monoisotopic (exact) mass is 444 g/mol. The van der Waals surface area contributed by atoms with Gasteiger partial charge in [-0.1, -0.05) is 42.3 Å². The van der Waals surface area contributed by atoms with E-state index in [2.05, 4.69) is 17.6 Å². The second-order valence-electron chi connectivity index (χ2n) is 6.15. The van der Waals surface area contributed by atoms with Gasteiger partial charge in [0.1, 0.15) is 11.5 Å². The van der Waals surface area contributed by atoms with Crippen molar-refractivity contribution in [3.05, 3.63) is 82.0 Å². The Hall–Kier alpha value is -2.60. The molecule has 29 heavy (non-hydrogen) atoms. The summed E-state index contributed by atoms with van der Waals surface area (Å²) in [6.45, 7) is 2.09. The average molecular weight is 445 g/mol. The van der Waals surface area contributed by atoms with Crippen LogP contribution in [0, 0.1) is 0 Å². The summed E-state index contributed by atoms with van der Waals surface area (Å²) < 4.78 is 5.72. The van der Waals surface area contributed by atoms with Gasteiger partial charge in [0.2, 0.25) is 5.91 Å². The first-order chi connectivity index (χ1) is 13.9. The van der Waals surface area contributed by atoms with Crippen LogP contribution in [0.2, 0.25) is 10.0 Å². The Morgan fingerprint density at radius 3 is 2.55 bits per heavy atom. The van der Waals surface area contributed by atoms with Gasteiger partial charge in [-0.05, 0) is 72.7 Å².